The van der Waals surface area contributed by atoms with Crippen LogP contribution in [0.1, 0.15) is 33.6 Å². The summed E-state index contributed by atoms with van der Waals surface area (Å²) >= 11 is 0.939. The van der Waals surface area contributed by atoms with Gasteiger partial charge in [-0.25, -0.2) is 9.59 Å². The van der Waals surface area contributed by atoms with Crippen molar-refractivity contribution in [1.82, 2.24) is 4.90 Å². The first kappa shape index (κ1) is 20.1. The molecule has 0 radical (unpaired) electrons. The van der Waals surface area contributed by atoms with E-state index in [9.17, 15) is 29.1 Å². The van der Waals surface area contributed by atoms with Crippen LogP contribution >= 0.6 is 11.3 Å². The van der Waals surface area contributed by atoms with Crippen molar-refractivity contribution in [3.05, 3.63) is 16.0 Å². The Bertz CT molecular complexity index is 1010. The lowest BCUT2D eigenvalue weighted by molar-refractivity contribution is -0.147. The number of ether oxygens (including phenoxy) is 2. The summed E-state index contributed by atoms with van der Waals surface area (Å²) < 4.78 is 11.5. The number of carbonyl (C=O) groups is 5. The Morgan fingerprint density at radius 1 is 1.10 bits per heavy atom. The lowest BCUT2D eigenvalue weighted by Gasteiger charge is -2.27. The van der Waals surface area contributed by atoms with Crippen LogP contribution < -0.4 is 5.32 Å². The quantitative estimate of drug-likeness (QED) is 0.426. The van der Waals surface area contributed by atoms with Gasteiger partial charge in [-0.3, -0.25) is 19.3 Å². The summed E-state index contributed by atoms with van der Waals surface area (Å²) in [7, 11) is 0. The molecule has 2 bridgehead atoms. The Labute approximate surface area is 178 Å². The maximum Gasteiger partial charge on any atom is 0.394 e. The van der Waals surface area contributed by atoms with Crippen molar-refractivity contribution in [2.24, 2.45) is 11.8 Å². The van der Waals surface area contributed by atoms with Crippen molar-refractivity contribution in [1.29, 1.82) is 0 Å². The average Bonchev–Trinajstić information content (AvgIpc) is 3.46. The molecule has 5 unspecified atom stereocenters. The predicted molar refractivity (Wildman–Crippen MR) is 101 cm³/mol. The van der Waals surface area contributed by atoms with Gasteiger partial charge in [0.05, 0.1) is 48.9 Å². The van der Waals surface area contributed by atoms with Gasteiger partial charge in [0.15, 0.2) is 0 Å². The Morgan fingerprint density at radius 2 is 1.74 bits per heavy atom. The van der Waals surface area contributed by atoms with Crippen molar-refractivity contribution < 1.29 is 43.7 Å². The highest BCUT2D eigenvalue weighted by molar-refractivity contribution is 7.17. The van der Waals surface area contributed by atoms with Crippen LogP contribution in [-0.4, -0.2) is 69.6 Å². The predicted octanol–water partition coefficient (Wildman–Crippen LogP) is 0.0731. The van der Waals surface area contributed by atoms with Crippen LogP contribution in [0, 0.1) is 11.8 Å². The minimum atomic E-state index is -1.73. The number of fused-ring (bicyclic) bond motifs is 6. The molecule has 5 heterocycles. The SMILES string of the molecule is O=C(O)C(=O)Nc1sc2c(c1C(=O)O)CC(CN1C(=O)C3C4CCC(O4)C3C1=O)OC2. The summed E-state index contributed by atoms with van der Waals surface area (Å²) in [6, 6.07) is 0. The van der Waals surface area contributed by atoms with E-state index in [2.05, 4.69) is 5.32 Å². The maximum absolute atomic E-state index is 12.8. The molecule has 0 saturated carbocycles. The van der Waals surface area contributed by atoms with E-state index in [-0.39, 0.29) is 54.2 Å². The first-order valence-electron chi connectivity index (χ1n) is 9.80. The van der Waals surface area contributed by atoms with E-state index in [4.69, 9.17) is 14.6 Å². The first-order valence-corrected chi connectivity index (χ1v) is 10.6. The number of carboxylic acid groups (broad SMARTS) is 2. The van der Waals surface area contributed by atoms with Gasteiger partial charge in [-0.15, -0.1) is 11.3 Å². The third-order valence-electron chi connectivity index (χ3n) is 6.37. The number of thiophene rings is 1. The molecule has 31 heavy (non-hydrogen) atoms. The van der Waals surface area contributed by atoms with Crippen molar-refractivity contribution in [2.45, 2.75) is 44.2 Å². The number of imide groups is 1. The van der Waals surface area contributed by atoms with Crippen LogP contribution in [0.2, 0.25) is 0 Å². The Balaban J connectivity index is 1.35. The standard InChI is InChI=1S/C19H18N2O9S/c22-14(19(27)28)20-15-11(18(25)26)7-3-6(29-5-10(7)31-15)4-21-16(23)12-8-1-2-9(30-8)13(12)17(21)24/h6,8-9,12-13H,1-5H2,(H,20,22)(H,25,26)(H,27,28). The van der Waals surface area contributed by atoms with Crippen LogP contribution in [0.3, 0.4) is 0 Å². The van der Waals surface area contributed by atoms with Gasteiger partial charge < -0.3 is 25.0 Å². The molecule has 1 aromatic heterocycles. The number of hydrogen-bond donors (Lipinski definition) is 3. The lowest BCUT2D eigenvalue weighted by atomic mass is 9.81. The molecule has 1 aromatic rings. The summed E-state index contributed by atoms with van der Waals surface area (Å²) in [6.07, 6.45) is 0.616. The first-order chi connectivity index (χ1) is 14.8. The minimum absolute atomic E-state index is 0.00920. The van der Waals surface area contributed by atoms with E-state index in [0.29, 0.717) is 10.4 Å². The normalized spacial score (nSPS) is 31.0. The van der Waals surface area contributed by atoms with Crippen molar-refractivity contribution in [2.75, 3.05) is 11.9 Å². The molecule has 0 spiro atoms. The Morgan fingerprint density at radius 3 is 2.32 bits per heavy atom. The zero-order chi connectivity index (χ0) is 22.0. The third kappa shape index (κ3) is 3.05. The van der Waals surface area contributed by atoms with Gasteiger partial charge in [0.1, 0.15) is 5.00 Å². The number of nitrogens with zero attached hydrogens (tertiary/aromatic N) is 1. The highest BCUT2D eigenvalue weighted by Crippen LogP contribution is 2.48. The molecule has 3 saturated heterocycles. The van der Waals surface area contributed by atoms with Gasteiger partial charge >= 0.3 is 17.8 Å². The number of carbonyl (C=O) groups excluding carboxylic acids is 3. The summed E-state index contributed by atoms with van der Waals surface area (Å²) in [4.78, 5) is 61.6. The average molecular weight is 450 g/mol. The monoisotopic (exact) mass is 450 g/mol. The molecule has 4 aliphatic rings. The van der Waals surface area contributed by atoms with Gasteiger partial charge in [-0.1, -0.05) is 0 Å². The van der Waals surface area contributed by atoms with Crippen LogP contribution in [-0.2, 0) is 41.7 Å². The smallest absolute Gasteiger partial charge is 0.394 e. The second-order valence-electron chi connectivity index (χ2n) is 8.04. The number of hydrogen-bond acceptors (Lipinski definition) is 8. The molecule has 0 aliphatic carbocycles. The zero-order valence-corrected chi connectivity index (χ0v) is 16.8. The van der Waals surface area contributed by atoms with Gasteiger partial charge in [0, 0.05) is 11.3 Å². The van der Waals surface area contributed by atoms with Crippen molar-refractivity contribution in [3.8, 4) is 0 Å². The van der Waals surface area contributed by atoms with Crippen LogP contribution in [0.5, 0.6) is 0 Å². The number of rotatable bonds is 4. The van der Waals surface area contributed by atoms with E-state index < -0.39 is 35.8 Å². The van der Waals surface area contributed by atoms with Gasteiger partial charge in [0.2, 0.25) is 11.8 Å². The lowest BCUT2D eigenvalue weighted by Crippen LogP contribution is -2.42. The number of likely N-dealkylation sites (tertiary alicyclic amines) is 1. The Kier molecular flexibility index (Phi) is 4.61. The summed E-state index contributed by atoms with van der Waals surface area (Å²) in [6.45, 7) is 0.0423. The molecule has 0 aromatic carbocycles. The van der Waals surface area contributed by atoms with Crippen LogP contribution in [0.4, 0.5) is 5.00 Å². The Hall–Kier alpha value is -2.83. The highest BCUT2D eigenvalue weighted by atomic mass is 32.1. The van der Waals surface area contributed by atoms with Crippen molar-refractivity contribution >= 4 is 46.0 Å². The van der Waals surface area contributed by atoms with Crippen LogP contribution in [0.15, 0.2) is 0 Å². The summed E-state index contributed by atoms with van der Waals surface area (Å²) in [5.74, 6) is -5.81. The van der Waals surface area contributed by atoms with Gasteiger partial charge in [0.25, 0.3) is 0 Å². The molecular formula is C19H18N2O9S. The van der Waals surface area contributed by atoms with E-state index in [0.717, 1.165) is 24.2 Å². The second-order valence-corrected chi connectivity index (χ2v) is 9.14. The third-order valence-corrected chi connectivity index (χ3v) is 7.49. The van der Waals surface area contributed by atoms with Gasteiger partial charge in [-0.05, 0) is 18.4 Å². The van der Waals surface area contributed by atoms with Crippen LogP contribution in [0.25, 0.3) is 0 Å². The largest absolute Gasteiger partial charge is 0.478 e. The summed E-state index contributed by atoms with van der Waals surface area (Å²) in [5.41, 5.74) is 0.224. The van der Waals surface area contributed by atoms with Gasteiger partial charge in [-0.2, -0.15) is 0 Å². The fraction of sp³-hybridized carbons (Fsp3) is 0.526. The molecule has 164 valence electrons. The van der Waals surface area contributed by atoms with Crippen molar-refractivity contribution in [3.63, 3.8) is 0 Å². The molecule has 5 atom stereocenters. The minimum Gasteiger partial charge on any atom is -0.478 e. The van der Waals surface area contributed by atoms with E-state index in [1.165, 1.54) is 4.90 Å². The topological polar surface area (TPSA) is 160 Å². The number of amides is 3. The fourth-order valence-electron chi connectivity index (χ4n) is 5.07. The van der Waals surface area contributed by atoms with E-state index >= 15 is 0 Å². The second kappa shape index (κ2) is 7.11. The molecule has 4 aliphatic heterocycles. The molecule has 3 fully saturated rings. The number of carboxylic acids is 2. The molecular weight excluding hydrogens is 432 g/mol. The number of aromatic carboxylic acids is 1. The zero-order valence-electron chi connectivity index (χ0n) is 16.0. The molecule has 12 heteroatoms. The molecule has 5 rings (SSSR count). The molecule has 11 nitrogen and oxygen atoms in total. The summed E-state index contributed by atoms with van der Waals surface area (Å²) in [5, 5.41) is 20.4. The number of nitrogens with one attached hydrogen (secondary N) is 1. The number of anilines is 1. The molecule has 3 amide bonds. The molecule has 3 N–H and O–H groups in total. The van der Waals surface area contributed by atoms with E-state index in [1.54, 1.807) is 0 Å². The highest BCUT2D eigenvalue weighted by Gasteiger charge is 2.62. The fourth-order valence-corrected chi connectivity index (χ4v) is 6.21. The maximum atomic E-state index is 12.8. The number of aliphatic carboxylic acids is 1. The van der Waals surface area contributed by atoms with E-state index in [1.807, 2.05) is 0 Å².